The molecule has 0 bridgehead atoms. The van der Waals surface area contributed by atoms with Crippen LogP contribution in [0, 0.1) is 5.92 Å². The largest absolute Gasteiger partial charge is 0.370 e. The van der Waals surface area contributed by atoms with Crippen molar-refractivity contribution in [1.82, 2.24) is 4.90 Å². The molecule has 1 aromatic carbocycles. The van der Waals surface area contributed by atoms with E-state index < -0.39 is 0 Å². The second kappa shape index (κ2) is 8.01. The molecule has 0 aliphatic rings. The predicted molar refractivity (Wildman–Crippen MR) is 92.3 cm³/mol. The lowest BCUT2D eigenvalue weighted by atomic mass is 10.1. The molecule has 0 aliphatic carbocycles. The molecular formula is C16H28BrN3. The van der Waals surface area contributed by atoms with Crippen LogP contribution in [-0.2, 0) is 0 Å². The maximum atomic E-state index is 5.97. The van der Waals surface area contributed by atoms with Gasteiger partial charge in [-0.2, -0.15) is 0 Å². The lowest BCUT2D eigenvalue weighted by Gasteiger charge is -2.28. The first-order valence-corrected chi connectivity index (χ1v) is 8.05. The third-order valence-electron chi connectivity index (χ3n) is 3.24. The van der Waals surface area contributed by atoms with Gasteiger partial charge in [-0.15, -0.1) is 0 Å². The second-order valence-electron chi connectivity index (χ2n) is 6.14. The molecule has 0 saturated heterocycles. The highest BCUT2D eigenvalue weighted by Crippen LogP contribution is 2.27. The van der Waals surface area contributed by atoms with Gasteiger partial charge in [0, 0.05) is 35.8 Å². The van der Waals surface area contributed by atoms with Gasteiger partial charge in [0.2, 0.25) is 0 Å². The van der Waals surface area contributed by atoms with Crippen LogP contribution >= 0.6 is 15.9 Å². The standard InChI is InChI=1S/C16H28BrN3/c1-12(2)11-20(9-8-19(4)5)14-6-7-15(13(3)18)16(17)10-14/h6-7,10,12-13H,8-9,11,18H2,1-5H3/t13-/m0/s1. The molecule has 114 valence electrons. The molecule has 0 heterocycles. The van der Waals surface area contributed by atoms with Crippen molar-refractivity contribution in [2.45, 2.75) is 26.8 Å². The van der Waals surface area contributed by atoms with Crippen LogP contribution in [0.15, 0.2) is 22.7 Å². The fraction of sp³-hybridized carbons (Fsp3) is 0.625. The molecule has 20 heavy (non-hydrogen) atoms. The van der Waals surface area contributed by atoms with Crippen LogP contribution in [-0.4, -0.2) is 38.6 Å². The van der Waals surface area contributed by atoms with Crippen LogP contribution in [0.5, 0.6) is 0 Å². The number of likely N-dealkylation sites (N-methyl/N-ethyl adjacent to an activating group) is 1. The van der Waals surface area contributed by atoms with E-state index in [1.807, 2.05) is 6.92 Å². The summed E-state index contributed by atoms with van der Waals surface area (Å²) < 4.78 is 1.10. The summed E-state index contributed by atoms with van der Waals surface area (Å²) in [6.07, 6.45) is 0. The maximum Gasteiger partial charge on any atom is 0.0378 e. The lowest BCUT2D eigenvalue weighted by Crippen LogP contribution is -2.34. The topological polar surface area (TPSA) is 32.5 Å². The van der Waals surface area contributed by atoms with Crippen molar-refractivity contribution in [3.63, 3.8) is 0 Å². The maximum absolute atomic E-state index is 5.97. The minimum Gasteiger partial charge on any atom is -0.370 e. The predicted octanol–water partition coefficient (Wildman–Crippen LogP) is 3.49. The number of hydrogen-bond donors (Lipinski definition) is 1. The molecule has 1 rings (SSSR count). The molecule has 2 N–H and O–H groups in total. The summed E-state index contributed by atoms with van der Waals surface area (Å²) in [4.78, 5) is 4.67. The molecule has 1 aromatic rings. The van der Waals surface area contributed by atoms with E-state index in [2.05, 4.69) is 71.9 Å². The van der Waals surface area contributed by atoms with Gasteiger partial charge in [0.05, 0.1) is 0 Å². The first-order chi connectivity index (χ1) is 9.31. The van der Waals surface area contributed by atoms with Crippen LogP contribution in [0.3, 0.4) is 0 Å². The Labute approximate surface area is 132 Å². The molecule has 0 spiro atoms. The SMILES string of the molecule is CC(C)CN(CCN(C)C)c1ccc([C@H](C)N)c(Br)c1. The summed E-state index contributed by atoms with van der Waals surface area (Å²) in [5, 5.41) is 0. The third kappa shape index (κ3) is 5.43. The van der Waals surface area contributed by atoms with Crippen molar-refractivity contribution in [3.05, 3.63) is 28.2 Å². The summed E-state index contributed by atoms with van der Waals surface area (Å²) in [5.41, 5.74) is 8.39. The first kappa shape index (κ1) is 17.5. The monoisotopic (exact) mass is 341 g/mol. The van der Waals surface area contributed by atoms with Crippen molar-refractivity contribution in [2.24, 2.45) is 11.7 Å². The Balaban J connectivity index is 2.92. The summed E-state index contributed by atoms with van der Waals surface area (Å²) in [7, 11) is 4.23. The molecule has 0 aromatic heterocycles. The fourth-order valence-corrected chi connectivity index (χ4v) is 2.90. The average molecular weight is 342 g/mol. The van der Waals surface area contributed by atoms with Crippen LogP contribution in [0.4, 0.5) is 5.69 Å². The highest BCUT2D eigenvalue weighted by molar-refractivity contribution is 9.10. The highest BCUT2D eigenvalue weighted by atomic mass is 79.9. The summed E-state index contributed by atoms with van der Waals surface area (Å²) in [6, 6.07) is 6.56. The van der Waals surface area contributed by atoms with Crippen molar-refractivity contribution < 1.29 is 0 Å². The zero-order chi connectivity index (χ0) is 15.3. The second-order valence-corrected chi connectivity index (χ2v) is 6.99. The zero-order valence-electron chi connectivity index (χ0n) is 13.4. The Hall–Kier alpha value is -0.580. The fourth-order valence-electron chi connectivity index (χ4n) is 2.17. The molecule has 0 unspecified atom stereocenters. The number of nitrogens with zero attached hydrogens (tertiary/aromatic N) is 2. The van der Waals surface area contributed by atoms with Gasteiger partial charge in [-0.1, -0.05) is 35.8 Å². The average Bonchev–Trinajstić information content (AvgIpc) is 2.33. The molecule has 0 radical (unpaired) electrons. The van der Waals surface area contributed by atoms with E-state index in [0.717, 1.165) is 29.7 Å². The van der Waals surface area contributed by atoms with E-state index in [1.54, 1.807) is 0 Å². The van der Waals surface area contributed by atoms with Crippen molar-refractivity contribution in [1.29, 1.82) is 0 Å². The molecule has 0 aliphatic heterocycles. The van der Waals surface area contributed by atoms with Gasteiger partial charge in [-0.25, -0.2) is 0 Å². The number of benzene rings is 1. The van der Waals surface area contributed by atoms with Gasteiger partial charge < -0.3 is 15.5 Å². The van der Waals surface area contributed by atoms with E-state index in [-0.39, 0.29) is 6.04 Å². The van der Waals surface area contributed by atoms with E-state index in [1.165, 1.54) is 5.69 Å². The van der Waals surface area contributed by atoms with Gasteiger partial charge in [0.1, 0.15) is 0 Å². The normalized spacial score (nSPS) is 13.1. The highest BCUT2D eigenvalue weighted by Gasteiger charge is 2.12. The Bertz CT molecular complexity index is 416. The van der Waals surface area contributed by atoms with Gasteiger partial charge >= 0.3 is 0 Å². The number of hydrogen-bond acceptors (Lipinski definition) is 3. The van der Waals surface area contributed by atoms with Gasteiger partial charge in [-0.05, 0) is 44.6 Å². The molecule has 3 nitrogen and oxygen atoms in total. The number of anilines is 1. The van der Waals surface area contributed by atoms with Gasteiger partial charge in [0.15, 0.2) is 0 Å². The Morgan fingerprint density at radius 1 is 1.15 bits per heavy atom. The first-order valence-electron chi connectivity index (χ1n) is 7.26. The van der Waals surface area contributed by atoms with Gasteiger partial charge in [-0.3, -0.25) is 0 Å². The molecular weight excluding hydrogens is 314 g/mol. The van der Waals surface area contributed by atoms with Crippen molar-refractivity contribution in [3.8, 4) is 0 Å². The molecule has 1 atom stereocenters. The summed E-state index contributed by atoms with van der Waals surface area (Å²) in [6.45, 7) is 9.69. The molecule has 0 amide bonds. The Kier molecular flexibility index (Phi) is 7.00. The Morgan fingerprint density at radius 3 is 2.25 bits per heavy atom. The zero-order valence-corrected chi connectivity index (χ0v) is 14.9. The minimum atomic E-state index is 0.0544. The van der Waals surface area contributed by atoms with E-state index in [4.69, 9.17) is 5.73 Å². The molecule has 0 fully saturated rings. The quantitative estimate of drug-likeness (QED) is 0.823. The van der Waals surface area contributed by atoms with Crippen LogP contribution in [0.25, 0.3) is 0 Å². The lowest BCUT2D eigenvalue weighted by molar-refractivity contribution is 0.409. The molecule has 4 heteroatoms. The number of halogens is 1. The molecule has 0 saturated carbocycles. The summed E-state index contributed by atoms with van der Waals surface area (Å²) in [5.74, 6) is 0.643. The number of nitrogens with two attached hydrogens (primary N) is 1. The Morgan fingerprint density at radius 2 is 1.80 bits per heavy atom. The minimum absolute atomic E-state index is 0.0544. The van der Waals surface area contributed by atoms with Crippen LogP contribution < -0.4 is 10.6 Å². The summed E-state index contributed by atoms with van der Waals surface area (Å²) >= 11 is 3.65. The van der Waals surface area contributed by atoms with E-state index >= 15 is 0 Å². The number of rotatable bonds is 7. The third-order valence-corrected chi connectivity index (χ3v) is 3.93. The van der Waals surface area contributed by atoms with Gasteiger partial charge in [0.25, 0.3) is 0 Å². The van der Waals surface area contributed by atoms with Crippen LogP contribution in [0.1, 0.15) is 32.4 Å². The van der Waals surface area contributed by atoms with Crippen LogP contribution in [0.2, 0.25) is 0 Å². The van der Waals surface area contributed by atoms with Crippen molar-refractivity contribution >= 4 is 21.6 Å². The van der Waals surface area contributed by atoms with E-state index in [0.29, 0.717) is 5.92 Å². The van der Waals surface area contributed by atoms with Crippen molar-refractivity contribution in [2.75, 3.05) is 38.6 Å². The smallest absolute Gasteiger partial charge is 0.0378 e. The van der Waals surface area contributed by atoms with E-state index in [9.17, 15) is 0 Å².